The molecule has 0 bridgehead atoms. The van der Waals surface area contributed by atoms with Crippen molar-refractivity contribution in [2.75, 3.05) is 20.0 Å². The van der Waals surface area contributed by atoms with Crippen LogP contribution < -0.4 is 5.73 Å². The minimum absolute atomic E-state index is 0.241. The maximum absolute atomic E-state index is 11.2. The quantitative estimate of drug-likeness (QED) is 0.664. The van der Waals surface area contributed by atoms with Gasteiger partial charge in [-0.25, -0.2) is 8.42 Å². The summed E-state index contributed by atoms with van der Waals surface area (Å²) in [7, 11) is -1.54. The van der Waals surface area contributed by atoms with Crippen LogP contribution in [-0.4, -0.2) is 38.6 Å². The highest BCUT2D eigenvalue weighted by Crippen LogP contribution is 2.50. The number of nitrogens with two attached hydrogens (primary N) is 1. The monoisotopic (exact) mass is 223 g/mol. The molecule has 1 saturated carbocycles. The van der Waals surface area contributed by atoms with Gasteiger partial charge in [-0.2, -0.15) is 0 Å². The molecule has 2 N–H and O–H groups in total. The fourth-order valence-corrected chi connectivity index (χ4v) is 3.55. The molecule has 6 heteroatoms. The van der Waals surface area contributed by atoms with Gasteiger partial charge in [0.1, 0.15) is 0 Å². The van der Waals surface area contributed by atoms with Crippen LogP contribution in [0.5, 0.6) is 0 Å². The SMILES string of the molecule is COC[C@]1(C(N)=S)C[C@@H]1S(C)(=O)=O. The van der Waals surface area contributed by atoms with Gasteiger partial charge in [0.05, 0.1) is 22.3 Å². The lowest BCUT2D eigenvalue weighted by Crippen LogP contribution is -2.32. The lowest BCUT2D eigenvalue weighted by Gasteiger charge is -2.13. The van der Waals surface area contributed by atoms with E-state index in [0.717, 1.165) is 0 Å². The van der Waals surface area contributed by atoms with Gasteiger partial charge in [0.25, 0.3) is 0 Å². The van der Waals surface area contributed by atoms with E-state index in [-0.39, 0.29) is 4.99 Å². The zero-order chi connectivity index (χ0) is 10.3. The summed E-state index contributed by atoms with van der Waals surface area (Å²) in [5.74, 6) is 0. The first-order chi connectivity index (χ1) is 5.84. The summed E-state index contributed by atoms with van der Waals surface area (Å²) < 4.78 is 27.4. The molecule has 0 saturated heterocycles. The van der Waals surface area contributed by atoms with Gasteiger partial charge in [0.15, 0.2) is 9.84 Å². The summed E-state index contributed by atoms with van der Waals surface area (Å²) in [5.41, 5.74) is 4.89. The largest absolute Gasteiger partial charge is 0.393 e. The summed E-state index contributed by atoms with van der Waals surface area (Å²) >= 11 is 4.84. The molecule has 13 heavy (non-hydrogen) atoms. The Kier molecular flexibility index (Phi) is 2.66. The Morgan fingerprint density at radius 1 is 1.77 bits per heavy atom. The molecule has 0 radical (unpaired) electrons. The topological polar surface area (TPSA) is 69.4 Å². The van der Waals surface area contributed by atoms with Crippen LogP contribution >= 0.6 is 12.2 Å². The lowest BCUT2D eigenvalue weighted by molar-refractivity contribution is 0.169. The first-order valence-corrected chi connectivity index (χ1v) is 6.18. The van der Waals surface area contributed by atoms with Gasteiger partial charge in [-0.05, 0) is 6.42 Å². The van der Waals surface area contributed by atoms with E-state index in [0.29, 0.717) is 13.0 Å². The van der Waals surface area contributed by atoms with E-state index in [1.165, 1.54) is 13.4 Å². The molecular formula is C7H13NO3S2. The lowest BCUT2D eigenvalue weighted by atomic mass is 10.1. The van der Waals surface area contributed by atoms with Crippen molar-refractivity contribution in [1.29, 1.82) is 0 Å². The van der Waals surface area contributed by atoms with E-state index in [2.05, 4.69) is 0 Å². The second-order valence-corrected chi connectivity index (χ2v) is 6.14. The number of ether oxygens (including phenoxy) is 1. The third kappa shape index (κ3) is 1.84. The Bertz CT molecular complexity index is 325. The number of sulfone groups is 1. The summed E-state index contributed by atoms with van der Waals surface area (Å²) in [6.07, 6.45) is 1.70. The highest BCUT2D eigenvalue weighted by molar-refractivity contribution is 7.91. The summed E-state index contributed by atoms with van der Waals surface area (Å²) in [5, 5.41) is -0.447. The van der Waals surface area contributed by atoms with Crippen molar-refractivity contribution in [2.45, 2.75) is 11.7 Å². The van der Waals surface area contributed by atoms with Gasteiger partial charge in [0.2, 0.25) is 0 Å². The summed E-state index contributed by atoms with van der Waals surface area (Å²) in [6.45, 7) is 0.292. The molecular weight excluding hydrogens is 210 g/mol. The molecule has 0 aromatic rings. The smallest absolute Gasteiger partial charge is 0.151 e. The number of methoxy groups -OCH3 is 1. The number of hydrogen-bond donors (Lipinski definition) is 1. The molecule has 0 amide bonds. The number of hydrogen-bond acceptors (Lipinski definition) is 4. The first-order valence-electron chi connectivity index (χ1n) is 3.82. The zero-order valence-corrected chi connectivity index (χ0v) is 9.24. The molecule has 1 aliphatic rings. The van der Waals surface area contributed by atoms with Gasteiger partial charge >= 0.3 is 0 Å². The van der Waals surface area contributed by atoms with Gasteiger partial charge in [-0.3, -0.25) is 0 Å². The third-order valence-electron chi connectivity index (χ3n) is 2.42. The van der Waals surface area contributed by atoms with Crippen molar-refractivity contribution in [3.63, 3.8) is 0 Å². The standard InChI is InChI=1S/C7H13NO3S2/c1-11-4-7(6(8)12)3-5(7)13(2,9)10/h5H,3-4H2,1-2H3,(H2,8,12)/t5-,7+/m0/s1. The van der Waals surface area contributed by atoms with E-state index in [1.807, 2.05) is 0 Å². The van der Waals surface area contributed by atoms with Crippen molar-refractivity contribution in [3.8, 4) is 0 Å². The Hall–Kier alpha value is -0.200. The molecule has 0 heterocycles. The average molecular weight is 223 g/mol. The zero-order valence-electron chi connectivity index (χ0n) is 7.61. The minimum atomic E-state index is -3.05. The van der Waals surface area contributed by atoms with Gasteiger partial charge in [-0.15, -0.1) is 0 Å². The van der Waals surface area contributed by atoms with Gasteiger partial charge in [0, 0.05) is 13.4 Å². The molecule has 4 nitrogen and oxygen atoms in total. The molecule has 76 valence electrons. The molecule has 0 unspecified atom stereocenters. The molecule has 1 aliphatic carbocycles. The number of thiocarbonyl (C=S) groups is 1. The fourth-order valence-electron chi connectivity index (χ4n) is 1.57. The maximum atomic E-state index is 11.2. The predicted molar refractivity (Wildman–Crippen MR) is 54.3 cm³/mol. The summed E-state index contributed by atoms with van der Waals surface area (Å²) in [4.78, 5) is 0.241. The van der Waals surface area contributed by atoms with E-state index in [1.54, 1.807) is 0 Å². The van der Waals surface area contributed by atoms with Gasteiger partial charge in [-0.1, -0.05) is 12.2 Å². The van der Waals surface area contributed by atoms with Crippen LogP contribution in [0.1, 0.15) is 6.42 Å². The van der Waals surface area contributed by atoms with Crippen LogP contribution in [0.25, 0.3) is 0 Å². The summed E-state index contributed by atoms with van der Waals surface area (Å²) in [6, 6.07) is 0. The number of rotatable bonds is 4. The van der Waals surface area contributed by atoms with Crippen molar-refractivity contribution in [1.82, 2.24) is 0 Å². The van der Waals surface area contributed by atoms with Crippen molar-refractivity contribution in [2.24, 2.45) is 11.1 Å². The highest BCUT2D eigenvalue weighted by atomic mass is 32.2. The Labute approximate surface area is 83.4 Å². The second-order valence-electron chi connectivity index (χ2n) is 3.48. The van der Waals surface area contributed by atoms with Crippen molar-refractivity contribution in [3.05, 3.63) is 0 Å². The minimum Gasteiger partial charge on any atom is -0.393 e. The second kappa shape index (κ2) is 3.18. The first kappa shape index (κ1) is 10.9. The van der Waals surface area contributed by atoms with E-state index < -0.39 is 20.5 Å². The van der Waals surface area contributed by atoms with Crippen LogP contribution in [0.4, 0.5) is 0 Å². The van der Waals surface area contributed by atoms with E-state index in [4.69, 9.17) is 22.7 Å². The van der Waals surface area contributed by atoms with Crippen molar-refractivity contribution < 1.29 is 13.2 Å². The Balaban J connectivity index is 2.85. The van der Waals surface area contributed by atoms with Crippen molar-refractivity contribution >= 4 is 27.0 Å². The molecule has 1 rings (SSSR count). The van der Waals surface area contributed by atoms with E-state index in [9.17, 15) is 8.42 Å². The van der Waals surface area contributed by atoms with Gasteiger partial charge < -0.3 is 10.5 Å². The molecule has 0 aromatic carbocycles. The average Bonchev–Trinajstić information content (AvgIpc) is 2.63. The predicted octanol–water partition coefficient (Wildman–Crippen LogP) is -0.278. The fraction of sp³-hybridized carbons (Fsp3) is 0.857. The van der Waals surface area contributed by atoms with Crippen LogP contribution in [-0.2, 0) is 14.6 Å². The van der Waals surface area contributed by atoms with Crippen LogP contribution in [0.15, 0.2) is 0 Å². The Morgan fingerprint density at radius 3 is 2.54 bits per heavy atom. The van der Waals surface area contributed by atoms with Crippen LogP contribution in [0.2, 0.25) is 0 Å². The molecule has 0 spiro atoms. The van der Waals surface area contributed by atoms with Crippen LogP contribution in [0, 0.1) is 5.41 Å². The van der Waals surface area contributed by atoms with E-state index >= 15 is 0 Å². The molecule has 0 aliphatic heterocycles. The molecule has 0 aromatic heterocycles. The molecule has 2 atom stereocenters. The normalized spacial score (nSPS) is 32.9. The third-order valence-corrected chi connectivity index (χ3v) is 4.47. The highest BCUT2D eigenvalue weighted by Gasteiger charge is 2.62. The molecule has 1 fully saturated rings. The van der Waals surface area contributed by atoms with Crippen LogP contribution in [0.3, 0.4) is 0 Å². The maximum Gasteiger partial charge on any atom is 0.151 e. The Morgan fingerprint density at radius 2 is 2.31 bits per heavy atom.